The van der Waals surface area contributed by atoms with Crippen LogP contribution in [0.4, 0.5) is 4.79 Å². The maximum absolute atomic E-state index is 13.0. The summed E-state index contributed by atoms with van der Waals surface area (Å²) in [5, 5.41) is -0.000272. The van der Waals surface area contributed by atoms with Gasteiger partial charge in [0.2, 0.25) is 5.91 Å². The first-order chi connectivity index (χ1) is 14.1. The first-order valence-electron chi connectivity index (χ1n) is 10.9. The summed E-state index contributed by atoms with van der Waals surface area (Å²) in [6.07, 6.45) is -0.230. The molecule has 1 saturated heterocycles. The summed E-state index contributed by atoms with van der Waals surface area (Å²) in [4.78, 5) is 27.0. The molecule has 31 heavy (non-hydrogen) atoms. The van der Waals surface area contributed by atoms with Gasteiger partial charge in [0.05, 0.1) is 6.10 Å². The van der Waals surface area contributed by atoms with E-state index in [9.17, 15) is 9.59 Å². The first kappa shape index (κ1) is 25.2. The number of likely N-dealkylation sites (tertiary alicyclic amines) is 1. The van der Waals surface area contributed by atoms with Crippen LogP contribution in [0.15, 0.2) is 24.3 Å². The molecular weight excluding hydrogens is 406 g/mol. The number of amides is 2. The van der Waals surface area contributed by atoms with Crippen LogP contribution < -0.4 is 0 Å². The van der Waals surface area contributed by atoms with Crippen molar-refractivity contribution in [2.75, 3.05) is 0 Å². The number of hydrogen-bond acceptors (Lipinski definition) is 4. The van der Waals surface area contributed by atoms with Crippen LogP contribution in [0.25, 0.3) is 0 Å². The summed E-state index contributed by atoms with van der Waals surface area (Å²) in [5.74, 6) is 6.08. The largest absolute Gasteiger partial charge is 0.443 e. The quantitative estimate of drug-likeness (QED) is 0.437. The average molecular weight is 444 g/mol. The Morgan fingerprint density at radius 3 is 2.35 bits per heavy atom. The summed E-state index contributed by atoms with van der Waals surface area (Å²) in [5.41, 5.74) is 1.23. The molecule has 0 aliphatic carbocycles. The van der Waals surface area contributed by atoms with Crippen molar-refractivity contribution in [1.29, 1.82) is 0 Å². The van der Waals surface area contributed by atoms with Crippen molar-refractivity contribution < 1.29 is 18.8 Å². The van der Waals surface area contributed by atoms with E-state index in [1.807, 2.05) is 31.2 Å². The van der Waals surface area contributed by atoms with Gasteiger partial charge in [0, 0.05) is 12.0 Å². The van der Waals surface area contributed by atoms with E-state index in [1.54, 1.807) is 20.8 Å². The predicted octanol–water partition coefficient (Wildman–Crippen LogP) is 5.66. The number of rotatable bonds is 2. The van der Waals surface area contributed by atoms with Crippen LogP contribution in [0.2, 0.25) is 18.1 Å². The van der Waals surface area contributed by atoms with Gasteiger partial charge in [-0.2, -0.15) is 0 Å². The van der Waals surface area contributed by atoms with Crippen molar-refractivity contribution in [2.45, 2.75) is 97.2 Å². The lowest BCUT2D eigenvalue weighted by Gasteiger charge is -2.44. The molecule has 2 amide bonds. The Balaban J connectivity index is 2.46. The van der Waals surface area contributed by atoms with Gasteiger partial charge in [0.25, 0.3) is 0 Å². The lowest BCUT2D eigenvalue weighted by atomic mass is 9.98. The number of hydrogen-bond donors (Lipinski definition) is 0. The second kappa shape index (κ2) is 9.18. The van der Waals surface area contributed by atoms with Crippen LogP contribution in [-0.4, -0.2) is 43.0 Å². The van der Waals surface area contributed by atoms with E-state index in [-0.39, 0.29) is 23.5 Å². The van der Waals surface area contributed by atoms with Crippen molar-refractivity contribution in [3.05, 3.63) is 35.4 Å². The van der Waals surface area contributed by atoms with E-state index in [2.05, 4.69) is 45.7 Å². The number of benzene rings is 1. The molecule has 1 heterocycles. The molecule has 170 valence electrons. The van der Waals surface area contributed by atoms with Gasteiger partial charge < -0.3 is 9.16 Å². The molecule has 0 saturated carbocycles. The maximum Gasteiger partial charge on any atom is 0.418 e. The summed E-state index contributed by atoms with van der Waals surface area (Å²) in [6.45, 7) is 18.2. The third-order valence-electron chi connectivity index (χ3n) is 5.77. The minimum Gasteiger partial charge on any atom is -0.443 e. The van der Waals surface area contributed by atoms with Gasteiger partial charge in [-0.25, -0.2) is 9.69 Å². The molecule has 5 nitrogen and oxygen atoms in total. The molecule has 6 heteroatoms. The second-order valence-corrected chi connectivity index (χ2v) is 15.5. The highest BCUT2D eigenvalue weighted by Gasteiger charge is 2.46. The fourth-order valence-electron chi connectivity index (χ4n) is 3.11. The van der Waals surface area contributed by atoms with E-state index in [0.717, 1.165) is 11.1 Å². The van der Waals surface area contributed by atoms with Gasteiger partial charge in [-0.15, -0.1) is 0 Å². The second-order valence-electron chi connectivity index (χ2n) is 10.8. The van der Waals surface area contributed by atoms with Gasteiger partial charge in [0.15, 0.2) is 8.32 Å². The third kappa shape index (κ3) is 6.69. The van der Waals surface area contributed by atoms with Gasteiger partial charge >= 0.3 is 6.09 Å². The smallest absolute Gasteiger partial charge is 0.418 e. The number of imide groups is 1. The summed E-state index contributed by atoms with van der Waals surface area (Å²) in [6, 6.07) is 7.17. The van der Waals surface area contributed by atoms with Crippen LogP contribution in [0, 0.1) is 18.8 Å². The SMILES string of the molecule is Cc1cccc(C#C[C@H]2[C@@H](O[Si](C)(C)C(C)(C)C)CCC(=O)N2C(=O)OC(C)(C)C)c1. The van der Waals surface area contributed by atoms with Gasteiger partial charge in [0.1, 0.15) is 11.6 Å². The van der Waals surface area contributed by atoms with E-state index in [0.29, 0.717) is 6.42 Å². The summed E-state index contributed by atoms with van der Waals surface area (Å²) < 4.78 is 12.2. The topological polar surface area (TPSA) is 55.8 Å². The van der Waals surface area contributed by atoms with Crippen molar-refractivity contribution in [3.8, 4) is 11.8 Å². The average Bonchev–Trinajstić information content (AvgIpc) is 2.59. The third-order valence-corrected chi connectivity index (χ3v) is 10.3. The fraction of sp³-hybridized carbons (Fsp3) is 0.600. The molecule has 2 atom stereocenters. The fourth-order valence-corrected chi connectivity index (χ4v) is 4.47. The van der Waals surface area contributed by atoms with E-state index >= 15 is 0 Å². The monoisotopic (exact) mass is 443 g/mol. The molecule has 0 aromatic heterocycles. The Bertz CT molecular complexity index is 883. The molecule has 0 spiro atoms. The molecule has 1 aromatic rings. The first-order valence-corrected chi connectivity index (χ1v) is 13.8. The molecule has 0 unspecified atom stereocenters. The molecule has 0 bridgehead atoms. The normalized spacial score (nSPS) is 20.2. The Morgan fingerprint density at radius 1 is 1.16 bits per heavy atom. The minimum atomic E-state index is -2.14. The number of aryl methyl sites for hydroxylation is 1. The number of piperidine rings is 1. The highest BCUT2D eigenvalue weighted by molar-refractivity contribution is 6.74. The maximum atomic E-state index is 13.0. The highest BCUT2D eigenvalue weighted by Crippen LogP contribution is 2.39. The molecule has 0 radical (unpaired) electrons. The van der Waals surface area contributed by atoms with Gasteiger partial charge in [-0.05, 0) is 69.9 Å². The molecule has 0 N–H and O–H groups in total. The minimum absolute atomic E-state index is 0.000272. The molecule has 2 rings (SSSR count). The van der Waals surface area contributed by atoms with E-state index in [4.69, 9.17) is 9.16 Å². The van der Waals surface area contributed by atoms with Crippen LogP contribution in [0.5, 0.6) is 0 Å². The number of carbonyl (C=O) groups excluding carboxylic acids is 2. The summed E-state index contributed by atoms with van der Waals surface area (Å²) in [7, 11) is -2.14. The van der Waals surface area contributed by atoms with Crippen LogP contribution in [-0.2, 0) is 14.0 Å². The van der Waals surface area contributed by atoms with E-state index in [1.165, 1.54) is 4.90 Å². The molecular formula is C25H37NO4Si. The highest BCUT2D eigenvalue weighted by atomic mass is 28.4. The van der Waals surface area contributed by atoms with Crippen LogP contribution in [0.1, 0.15) is 65.5 Å². The zero-order valence-corrected chi connectivity index (χ0v) is 21.5. The Morgan fingerprint density at radius 2 is 1.81 bits per heavy atom. The Hall–Kier alpha value is -2.10. The summed E-state index contributed by atoms with van der Waals surface area (Å²) >= 11 is 0. The Labute approximate surface area is 188 Å². The number of ether oxygens (including phenoxy) is 1. The number of nitrogens with zero attached hydrogens (tertiary/aromatic N) is 1. The van der Waals surface area contributed by atoms with E-state index < -0.39 is 26.1 Å². The lowest BCUT2D eigenvalue weighted by molar-refractivity contribution is -0.137. The molecule has 1 fully saturated rings. The van der Waals surface area contributed by atoms with Crippen LogP contribution in [0.3, 0.4) is 0 Å². The molecule has 1 aromatic carbocycles. The van der Waals surface area contributed by atoms with Crippen molar-refractivity contribution in [2.24, 2.45) is 0 Å². The standard InChI is InChI=1S/C25H37NO4Si/c1-18-11-10-12-19(17-18)13-14-20-21(30-31(8,9)25(5,6)7)15-16-22(27)26(20)23(28)29-24(2,3)4/h10-12,17,20-21H,15-16H2,1-9H3/t20-,21-/m0/s1. The zero-order chi connectivity index (χ0) is 23.6. The molecule has 1 aliphatic rings. The lowest BCUT2D eigenvalue weighted by Crippen LogP contribution is -2.58. The zero-order valence-electron chi connectivity index (χ0n) is 20.5. The van der Waals surface area contributed by atoms with Gasteiger partial charge in [-0.1, -0.05) is 44.7 Å². The molecule has 1 aliphatic heterocycles. The van der Waals surface area contributed by atoms with Crippen molar-refractivity contribution in [1.82, 2.24) is 4.90 Å². The van der Waals surface area contributed by atoms with Crippen molar-refractivity contribution >= 4 is 20.3 Å². The van der Waals surface area contributed by atoms with Gasteiger partial charge in [-0.3, -0.25) is 4.79 Å². The number of carbonyl (C=O) groups is 2. The van der Waals surface area contributed by atoms with Crippen LogP contribution >= 0.6 is 0 Å². The predicted molar refractivity (Wildman–Crippen MR) is 126 cm³/mol. The van der Waals surface area contributed by atoms with Crippen molar-refractivity contribution in [3.63, 3.8) is 0 Å². The Kier molecular flexibility index (Phi) is 7.45.